The van der Waals surface area contributed by atoms with Gasteiger partial charge in [0.2, 0.25) is 11.8 Å². The minimum Gasteiger partial charge on any atom is -0.494 e. The van der Waals surface area contributed by atoms with Crippen LogP contribution in [0.5, 0.6) is 5.75 Å². The monoisotopic (exact) mass is 555 g/mol. The predicted octanol–water partition coefficient (Wildman–Crippen LogP) is 6.99. The van der Waals surface area contributed by atoms with Gasteiger partial charge in [-0.25, -0.2) is 4.99 Å². The van der Waals surface area contributed by atoms with Crippen LogP contribution in [0.2, 0.25) is 10.0 Å². The molecule has 2 amide bonds. The molecule has 1 heterocycles. The van der Waals surface area contributed by atoms with E-state index in [1.807, 2.05) is 43.3 Å². The van der Waals surface area contributed by atoms with Gasteiger partial charge in [0, 0.05) is 28.7 Å². The minimum atomic E-state index is -0.610. The van der Waals surface area contributed by atoms with E-state index in [1.54, 1.807) is 41.3 Å². The second kappa shape index (κ2) is 13.0. The molecule has 0 aliphatic carbocycles. The molecule has 0 radical (unpaired) electrons. The summed E-state index contributed by atoms with van der Waals surface area (Å²) in [5.74, 6) is 0.349. The lowest BCUT2D eigenvalue weighted by Crippen LogP contribution is -2.46. The molecule has 0 aromatic heterocycles. The Balaban J connectivity index is 1.49. The number of anilines is 1. The smallest absolute Gasteiger partial charge is 0.238 e. The van der Waals surface area contributed by atoms with Gasteiger partial charge in [-0.3, -0.25) is 14.5 Å². The highest BCUT2D eigenvalue weighted by atomic mass is 35.5. The van der Waals surface area contributed by atoms with Crippen LogP contribution in [0.15, 0.2) is 77.8 Å². The van der Waals surface area contributed by atoms with E-state index in [0.717, 1.165) is 17.7 Å². The first-order valence-corrected chi connectivity index (χ1v) is 13.6. The van der Waals surface area contributed by atoms with Crippen LogP contribution in [-0.2, 0) is 16.0 Å². The van der Waals surface area contributed by atoms with Gasteiger partial charge in [-0.2, -0.15) is 0 Å². The molecule has 1 fully saturated rings. The molecular weight excluding hydrogens is 529 g/mol. The summed E-state index contributed by atoms with van der Waals surface area (Å²) in [6, 6.07) is 21.8. The van der Waals surface area contributed by atoms with E-state index < -0.39 is 5.25 Å². The molecule has 1 aliphatic rings. The third kappa shape index (κ3) is 7.74. The van der Waals surface area contributed by atoms with Crippen molar-refractivity contribution in [2.24, 2.45) is 4.99 Å². The quantitative estimate of drug-likeness (QED) is 0.309. The van der Waals surface area contributed by atoms with E-state index in [4.69, 9.17) is 32.9 Å². The molecule has 6 nitrogen and oxygen atoms in total. The van der Waals surface area contributed by atoms with Gasteiger partial charge in [-0.05, 0) is 79.1 Å². The number of thioether (sulfide) groups is 1. The van der Waals surface area contributed by atoms with Crippen molar-refractivity contribution >= 4 is 63.3 Å². The van der Waals surface area contributed by atoms with Crippen LogP contribution in [0.3, 0.4) is 0 Å². The highest BCUT2D eigenvalue weighted by molar-refractivity contribution is 8.15. The van der Waals surface area contributed by atoms with Crippen molar-refractivity contribution in [3.05, 3.63) is 88.4 Å². The summed E-state index contributed by atoms with van der Waals surface area (Å²) in [5.41, 5.74) is 2.35. The number of ether oxygens (including phenoxy) is 1. The van der Waals surface area contributed by atoms with Crippen molar-refractivity contribution in [2.45, 2.75) is 31.4 Å². The number of amidine groups is 1. The molecule has 0 saturated carbocycles. The predicted molar refractivity (Wildman–Crippen MR) is 152 cm³/mol. The van der Waals surface area contributed by atoms with E-state index in [1.165, 1.54) is 11.8 Å². The zero-order valence-electron chi connectivity index (χ0n) is 20.3. The second-order valence-electron chi connectivity index (χ2n) is 8.47. The molecule has 9 heteroatoms. The molecule has 1 aliphatic heterocycles. The molecule has 1 N–H and O–H groups in total. The summed E-state index contributed by atoms with van der Waals surface area (Å²) in [7, 11) is 0. The van der Waals surface area contributed by atoms with E-state index >= 15 is 0 Å². The number of nitrogens with one attached hydrogen (secondary N) is 1. The number of halogens is 2. The minimum absolute atomic E-state index is 0.0778. The second-order valence-corrected chi connectivity index (χ2v) is 10.5. The fraction of sp³-hybridized carbons (Fsp3) is 0.250. The van der Waals surface area contributed by atoms with Crippen molar-refractivity contribution in [3.63, 3.8) is 0 Å². The standard InChI is InChI=1S/C28H27Cl2N3O3S/c1-2-17-36-24-13-11-22(12-14-24)31-27(35)25-18-26(34)33(16-15-19-3-5-20(29)6-4-19)28(37-25)32-23-9-7-21(30)8-10-23/h3-14,25H,2,15-18H2,1H3,(H,31,35). The van der Waals surface area contributed by atoms with Crippen molar-refractivity contribution in [1.82, 2.24) is 4.90 Å². The van der Waals surface area contributed by atoms with E-state index in [-0.39, 0.29) is 18.2 Å². The van der Waals surface area contributed by atoms with Crippen LogP contribution in [0.1, 0.15) is 25.3 Å². The Morgan fingerprint density at radius 2 is 1.68 bits per heavy atom. The van der Waals surface area contributed by atoms with Crippen LogP contribution in [0.4, 0.5) is 11.4 Å². The third-order valence-corrected chi connectivity index (χ3v) is 7.31. The SMILES string of the molecule is CCCOc1ccc(NC(=O)C2CC(=O)N(CCc3ccc(Cl)cc3)C(=Nc3ccc(Cl)cc3)S2)cc1. The van der Waals surface area contributed by atoms with Gasteiger partial charge >= 0.3 is 0 Å². The van der Waals surface area contributed by atoms with Gasteiger partial charge in [-0.15, -0.1) is 0 Å². The van der Waals surface area contributed by atoms with Gasteiger partial charge in [0.15, 0.2) is 5.17 Å². The Morgan fingerprint density at radius 1 is 1.03 bits per heavy atom. The number of amides is 2. The summed E-state index contributed by atoms with van der Waals surface area (Å²) >= 11 is 13.3. The molecule has 4 rings (SSSR count). The number of benzene rings is 3. The van der Waals surface area contributed by atoms with Crippen molar-refractivity contribution in [3.8, 4) is 5.75 Å². The summed E-state index contributed by atoms with van der Waals surface area (Å²) in [4.78, 5) is 32.7. The van der Waals surface area contributed by atoms with E-state index in [2.05, 4.69) is 5.32 Å². The molecular formula is C28H27Cl2N3O3S. The molecule has 1 saturated heterocycles. The van der Waals surface area contributed by atoms with Crippen LogP contribution in [-0.4, -0.2) is 40.3 Å². The Hall–Kier alpha value is -3.00. The van der Waals surface area contributed by atoms with Gasteiger partial charge in [0.1, 0.15) is 11.0 Å². The first kappa shape index (κ1) is 27.0. The van der Waals surface area contributed by atoms with Crippen molar-refractivity contribution < 1.29 is 14.3 Å². The summed E-state index contributed by atoms with van der Waals surface area (Å²) < 4.78 is 5.60. The number of carbonyl (C=O) groups is 2. The molecule has 0 spiro atoms. The molecule has 3 aromatic carbocycles. The van der Waals surface area contributed by atoms with Gasteiger partial charge in [-0.1, -0.05) is 54.0 Å². The topological polar surface area (TPSA) is 71.0 Å². The molecule has 1 atom stereocenters. The fourth-order valence-electron chi connectivity index (χ4n) is 3.66. The van der Waals surface area contributed by atoms with Gasteiger partial charge < -0.3 is 10.1 Å². The zero-order chi connectivity index (χ0) is 26.2. The average molecular weight is 557 g/mol. The number of rotatable bonds is 9. The molecule has 3 aromatic rings. The highest BCUT2D eigenvalue weighted by Gasteiger charge is 2.35. The first-order valence-electron chi connectivity index (χ1n) is 12.0. The largest absolute Gasteiger partial charge is 0.494 e. The Labute approximate surface area is 231 Å². The lowest BCUT2D eigenvalue weighted by molar-refractivity contribution is -0.129. The highest BCUT2D eigenvalue weighted by Crippen LogP contribution is 2.31. The van der Waals surface area contributed by atoms with Gasteiger partial charge in [0.25, 0.3) is 0 Å². The van der Waals surface area contributed by atoms with Crippen molar-refractivity contribution in [2.75, 3.05) is 18.5 Å². The van der Waals surface area contributed by atoms with Crippen LogP contribution >= 0.6 is 35.0 Å². The Kier molecular flexibility index (Phi) is 9.50. The maximum absolute atomic E-state index is 13.2. The average Bonchev–Trinajstić information content (AvgIpc) is 2.90. The maximum atomic E-state index is 13.2. The normalized spacial score (nSPS) is 16.6. The Morgan fingerprint density at radius 3 is 2.32 bits per heavy atom. The third-order valence-electron chi connectivity index (χ3n) is 5.62. The number of nitrogens with zero attached hydrogens (tertiary/aromatic N) is 2. The van der Waals surface area contributed by atoms with E-state index in [9.17, 15) is 9.59 Å². The van der Waals surface area contributed by atoms with E-state index in [0.29, 0.717) is 46.2 Å². The fourth-order valence-corrected chi connectivity index (χ4v) is 5.03. The zero-order valence-corrected chi connectivity index (χ0v) is 22.7. The lowest BCUT2D eigenvalue weighted by atomic mass is 10.1. The molecule has 192 valence electrons. The Bertz CT molecular complexity index is 1250. The number of hydrogen-bond acceptors (Lipinski definition) is 5. The molecule has 1 unspecified atom stereocenters. The molecule has 37 heavy (non-hydrogen) atoms. The van der Waals surface area contributed by atoms with Crippen LogP contribution < -0.4 is 10.1 Å². The number of carbonyl (C=O) groups excluding carboxylic acids is 2. The van der Waals surface area contributed by atoms with Crippen LogP contribution in [0, 0.1) is 0 Å². The van der Waals surface area contributed by atoms with Crippen molar-refractivity contribution in [1.29, 1.82) is 0 Å². The summed E-state index contributed by atoms with van der Waals surface area (Å²) in [6.45, 7) is 3.12. The van der Waals surface area contributed by atoms with Gasteiger partial charge in [0.05, 0.1) is 12.3 Å². The summed E-state index contributed by atoms with van der Waals surface area (Å²) in [6.07, 6.45) is 1.63. The first-order chi connectivity index (χ1) is 17.9. The maximum Gasteiger partial charge on any atom is 0.238 e. The van der Waals surface area contributed by atoms with Crippen LogP contribution in [0.25, 0.3) is 0 Å². The number of aliphatic imine (C=N–C) groups is 1. The number of hydrogen-bond donors (Lipinski definition) is 1. The lowest BCUT2D eigenvalue weighted by Gasteiger charge is -2.32. The molecule has 0 bridgehead atoms. The summed E-state index contributed by atoms with van der Waals surface area (Å²) in [5, 5.41) is 4.05.